The molecule has 0 saturated heterocycles. The summed E-state index contributed by atoms with van der Waals surface area (Å²) >= 11 is 0. The van der Waals surface area contributed by atoms with Crippen LogP contribution in [0.2, 0.25) is 0 Å². The molecule has 0 heterocycles. The van der Waals surface area contributed by atoms with Crippen molar-refractivity contribution >= 4 is 6.09 Å². The summed E-state index contributed by atoms with van der Waals surface area (Å²) in [7, 11) is 0. The summed E-state index contributed by atoms with van der Waals surface area (Å²) in [6.45, 7) is 5.53. The Hall–Kier alpha value is -1.50. The molecule has 1 fully saturated rings. The van der Waals surface area contributed by atoms with E-state index in [-0.39, 0.29) is 11.5 Å². The Bertz CT molecular complexity index is 416. The number of allylic oxidation sites excluding steroid dienone is 2. The highest BCUT2D eigenvalue weighted by Crippen LogP contribution is 2.59. The molecule has 0 unspecified atom stereocenters. The Balaban J connectivity index is 1.89. The molecule has 3 rings (SSSR count). The number of rotatable bonds is 2. The first-order valence-electron chi connectivity index (χ1n) is 5.91. The maximum atomic E-state index is 11.6. The van der Waals surface area contributed by atoms with Crippen LogP contribution in [0.15, 0.2) is 11.3 Å². The predicted molar refractivity (Wildman–Crippen MR) is 62.9 cm³/mol. The van der Waals surface area contributed by atoms with Gasteiger partial charge in [0.05, 0.1) is 6.07 Å². The van der Waals surface area contributed by atoms with E-state index in [1.807, 2.05) is 20.8 Å². The zero-order chi connectivity index (χ0) is 12.7. The van der Waals surface area contributed by atoms with E-state index in [9.17, 15) is 4.79 Å². The van der Waals surface area contributed by atoms with Gasteiger partial charge in [-0.3, -0.25) is 5.32 Å². The van der Waals surface area contributed by atoms with Crippen LogP contribution < -0.4 is 5.32 Å². The Morgan fingerprint density at radius 3 is 2.65 bits per heavy atom. The maximum Gasteiger partial charge on any atom is 0.411 e. The molecular formula is C13H18N2O2. The molecule has 0 aromatic rings. The van der Waals surface area contributed by atoms with Crippen molar-refractivity contribution in [1.82, 2.24) is 5.32 Å². The van der Waals surface area contributed by atoms with Crippen molar-refractivity contribution in [1.29, 1.82) is 5.26 Å². The first-order chi connectivity index (χ1) is 7.84. The molecule has 1 N–H and O–H groups in total. The molecule has 4 nitrogen and oxygen atoms in total. The van der Waals surface area contributed by atoms with Gasteiger partial charge in [0.25, 0.3) is 0 Å². The minimum absolute atomic E-state index is 0.119. The van der Waals surface area contributed by atoms with Gasteiger partial charge in [-0.1, -0.05) is 0 Å². The number of amides is 1. The van der Waals surface area contributed by atoms with Gasteiger partial charge in [-0.25, -0.2) is 4.79 Å². The van der Waals surface area contributed by atoms with Crippen LogP contribution in [0.5, 0.6) is 0 Å². The van der Waals surface area contributed by atoms with E-state index in [1.54, 1.807) is 0 Å². The van der Waals surface area contributed by atoms with Crippen LogP contribution in [-0.2, 0) is 4.74 Å². The average Bonchev–Trinajstić information content (AvgIpc) is 2.54. The van der Waals surface area contributed by atoms with Crippen molar-refractivity contribution in [2.45, 2.75) is 52.1 Å². The fourth-order valence-electron chi connectivity index (χ4n) is 2.61. The molecule has 92 valence electrons. The van der Waals surface area contributed by atoms with Gasteiger partial charge in [-0.2, -0.15) is 5.26 Å². The number of fused-ring (bicyclic) bond motifs is 1. The van der Waals surface area contributed by atoms with Crippen molar-refractivity contribution in [3.63, 3.8) is 0 Å². The van der Waals surface area contributed by atoms with Crippen molar-refractivity contribution < 1.29 is 9.53 Å². The molecular weight excluding hydrogens is 216 g/mol. The monoisotopic (exact) mass is 234 g/mol. The molecule has 1 amide bonds. The summed E-state index contributed by atoms with van der Waals surface area (Å²) in [6.07, 6.45) is 2.93. The van der Waals surface area contributed by atoms with Gasteiger partial charge >= 0.3 is 6.09 Å². The number of hydrogen-bond acceptors (Lipinski definition) is 3. The topological polar surface area (TPSA) is 62.1 Å². The van der Waals surface area contributed by atoms with Crippen LogP contribution in [0, 0.1) is 16.7 Å². The molecule has 0 aromatic heterocycles. The highest BCUT2D eigenvalue weighted by molar-refractivity contribution is 5.71. The van der Waals surface area contributed by atoms with Crippen LogP contribution in [0.4, 0.5) is 4.79 Å². The molecule has 1 saturated carbocycles. The first kappa shape index (κ1) is 12.0. The van der Waals surface area contributed by atoms with Crippen molar-refractivity contribution in [3.05, 3.63) is 11.3 Å². The second-order valence-corrected chi connectivity index (χ2v) is 6.07. The third kappa shape index (κ3) is 2.44. The minimum atomic E-state index is -0.471. The van der Waals surface area contributed by atoms with Crippen molar-refractivity contribution in [2.75, 3.05) is 0 Å². The van der Waals surface area contributed by atoms with Gasteiger partial charge in [0, 0.05) is 12.1 Å². The van der Waals surface area contributed by atoms with Gasteiger partial charge in [0.2, 0.25) is 0 Å². The molecule has 4 heteroatoms. The molecule has 17 heavy (non-hydrogen) atoms. The minimum Gasteiger partial charge on any atom is -0.444 e. The number of carbonyl (C=O) groups excluding carboxylic acids is 1. The Morgan fingerprint density at radius 2 is 2.12 bits per heavy atom. The van der Waals surface area contributed by atoms with E-state index in [2.05, 4.69) is 11.4 Å². The number of nitrogens with one attached hydrogen (secondary N) is 1. The van der Waals surface area contributed by atoms with Crippen LogP contribution in [0.1, 0.15) is 46.5 Å². The standard InChI is InChI=1S/C13H18N2O2/c1-12(2,3)17-11(16)15-10-8-13(4-5-14)6-9(10)7-13/h4,6-8H2,1-3H3,(H,15,16). The Morgan fingerprint density at radius 1 is 1.47 bits per heavy atom. The Labute approximate surface area is 102 Å². The summed E-state index contributed by atoms with van der Waals surface area (Å²) in [5.74, 6) is 0. The van der Waals surface area contributed by atoms with Gasteiger partial charge in [0.1, 0.15) is 5.60 Å². The van der Waals surface area contributed by atoms with Crippen LogP contribution in [-0.4, -0.2) is 11.7 Å². The van der Waals surface area contributed by atoms with Gasteiger partial charge in [0.15, 0.2) is 0 Å². The SMILES string of the molecule is CC(C)(C)OC(=O)NC1=C2CC(CC#N)(C2)C1. The summed E-state index contributed by atoms with van der Waals surface area (Å²) in [5.41, 5.74) is 1.91. The molecule has 3 aliphatic rings. The van der Waals surface area contributed by atoms with E-state index >= 15 is 0 Å². The molecule has 0 aliphatic heterocycles. The number of alkyl carbamates (subject to hydrolysis) is 1. The number of hydrogen-bond donors (Lipinski definition) is 1. The molecule has 0 aromatic carbocycles. The predicted octanol–water partition coefficient (Wildman–Crippen LogP) is 2.86. The molecule has 3 aliphatic carbocycles. The maximum absolute atomic E-state index is 11.6. The lowest BCUT2D eigenvalue weighted by Crippen LogP contribution is -2.31. The summed E-state index contributed by atoms with van der Waals surface area (Å²) in [6, 6.07) is 2.23. The van der Waals surface area contributed by atoms with Gasteiger partial charge in [-0.05, 0) is 51.0 Å². The van der Waals surface area contributed by atoms with Crippen LogP contribution in [0.25, 0.3) is 0 Å². The number of ether oxygens (including phenoxy) is 1. The third-order valence-electron chi connectivity index (χ3n) is 3.26. The highest BCUT2D eigenvalue weighted by Gasteiger charge is 2.49. The molecule has 0 atom stereocenters. The van der Waals surface area contributed by atoms with Gasteiger partial charge in [-0.15, -0.1) is 0 Å². The second kappa shape index (κ2) is 3.76. The highest BCUT2D eigenvalue weighted by atomic mass is 16.6. The number of nitriles is 1. The van der Waals surface area contributed by atoms with Crippen LogP contribution >= 0.6 is 0 Å². The number of carbonyl (C=O) groups is 1. The zero-order valence-corrected chi connectivity index (χ0v) is 10.6. The van der Waals surface area contributed by atoms with Crippen molar-refractivity contribution in [2.24, 2.45) is 5.41 Å². The Kier molecular flexibility index (Phi) is 2.65. The lowest BCUT2D eigenvalue weighted by atomic mass is 9.69. The summed E-state index contributed by atoms with van der Waals surface area (Å²) < 4.78 is 5.21. The van der Waals surface area contributed by atoms with Gasteiger partial charge < -0.3 is 4.74 Å². The van der Waals surface area contributed by atoms with E-state index in [0.29, 0.717) is 6.42 Å². The van der Waals surface area contributed by atoms with E-state index < -0.39 is 5.60 Å². The zero-order valence-electron chi connectivity index (χ0n) is 10.6. The molecule has 0 radical (unpaired) electrons. The van der Waals surface area contributed by atoms with Crippen molar-refractivity contribution in [3.8, 4) is 6.07 Å². The second-order valence-electron chi connectivity index (χ2n) is 6.07. The number of nitrogens with zero attached hydrogens (tertiary/aromatic N) is 1. The fourth-order valence-corrected chi connectivity index (χ4v) is 2.61. The summed E-state index contributed by atoms with van der Waals surface area (Å²) in [5, 5.41) is 11.6. The third-order valence-corrected chi connectivity index (χ3v) is 3.26. The molecule has 0 spiro atoms. The van der Waals surface area contributed by atoms with E-state index in [0.717, 1.165) is 25.0 Å². The first-order valence-corrected chi connectivity index (χ1v) is 5.91. The largest absolute Gasteiger partial charge is 0.444 e. The molecule has 2 bridgehead atoms. The quantitative estimate of drug-likeness (QED) is 0.799. The van der Waals surface area contributed by atoms with Crippen LogP contribution in [0.3, 0.4) is 0 Å². The van der Waals surface area contributed by atoms with E-state index in [1.165, 1.54) is 5.57 Å². The lowest BCUT2D eigenvalue weighted by molar-refractivity contribution is 0.0544. The lowest BCUT2D eigenvalue weighted by Gasteiger charge is -2.34. The normalized spacial score (nSPS) is 20.6. The average molecular weight is 234 g/mol. The smallest absolute Gasteiger partial charge is 0.411 e. The summed E-state index contributed by atoms with van der Waals surface area (Å²) in [4.78, 5) is 11.6. The fraction of sp³-hybridized carbons (Fsp3) is 0.692. The van der Waals surface area contributed by atoms with E-state index in [4.69, 9.17) is 10.00 Å².